The SMILES string of the molecule is Cc1ccc([C@H]2CCCN2S(=O)(=O)c2cnc[nH]2)cc1. The summed E-state index contributed by atoms with van der Waals surface area (Å²) in [5.74, 6) is 0. The van der Waals surface area contributed by atoms with Gasteiger partial charge in [0.15, 0.2) is 5.03 Å². The largest absolute Gasteiger partial charge is 0.335 e. The van der Waals surface area contributed by atoms with E-state index in [1.807, 2.05) is 31.2 Å². The van der Waals surface area contributed by atoms with Gasteiger partial charge < -0.3 is 4.98 Å². The highest BCUT2D eigenvalue weighted by molar-refractivity contribution is 7.89. The lowest BCUT2D eigenvalue weighted by molar-refractivity contribution is 0.395. The number of H-pyrrole nitrogens is 1. The first kappa shape index (κ1) is 13.3. The maximum atomic E-state index is 12.6. The number of aryl methyl sites for hydroxylation is 1. The Kier molecular flexibility index (Phi) is 3.35. The van der Waals surface area contributed by atoms with Crippen molar-refractivity contribution in [3.8, 4) is 0 Å². The predicted octanol–water partition coefficient (Wildman–Crippen LogP) is 2.24. The van der Waals surface area contributed by atoms with E-state index >= 15 is 0 Å². The standard InChI is InChI=1S/C14H17N3O2S/c1-11-4-6-12(7-5-11)13-3-2-8-17(13)20(18,19)14-9-15-10-16-14/h4-7,9-10,13H,2-3,8H2,1H3,(H,15,16)/t13-/m1/s1. The van der Waals surface area contributed by atoms with E-state index in [0.717, 1.165) is 18.4 Å². The molecule has 1 atom stereocenters. The van der Waals surface area contributed by atoms with Crippen LogP contribution in [0, 0.1) is 6.92 Å². The fraction of sp³-hybridized carbons (Fsp3) is 0.357. The zero-order chi connectivity index (χ0) is 14.2. The quantitative estimate of drug-likeness (QED) is 0.943. The molecule has 0 amide bonds. The molecule has 1 saturated heterocycles. The summed E-state index contributed by atoms with van der Waals surface area (Å²) < 4.78 is 26.8. The lowest BCUT2D eigenvalue weighted by atomic mass is 10.0. The lowest BCUT2D eigenvalue weighted by Gasteiger charge is -2.23. The summed E-state index contributed by atoms with van der Waals surface area (Å²) in [7, 11) is -3.49. The van der Waals surface area contributed by atoms with Crippen LogP contribution in [0.5, 0.6) is 0 Å². The summed E-state index contributed by atoms with van der Waals surface area (Å²) in [6.45, 7) is 2.58. The van der Waals surface area contributed by atoms with Gasteiger partial charge in [0.25, 0.3) is 10.0 Å². The van der Waals surface area contributed by atoms with Crippen molar-refractivity contribution in [2.24, 2.45) is 0 Å². The van der Waals surface area contributed by atoms with Gasteiger partial charge in [-0.05, 0) is 25.3 Å². The van der Waals surface area contributed by atoms with Crippen molar-refractivity contribution in [2.45, 2.75) is 30.8 Å². The summed E-state index contributed by atoms with van der Waals surface area (Å²) in [5.41, 5.74) is 2.23. The first-order valence-electron chi connectivity index (χ1n) is 6.66. The molecule has 1 N–H and O–H groups in total. The van der Waals surface area contributed by atoms with E-state index in [4.69, 9.17) is 0 Å². The zero-order valence-corrected chi connectivity index (χ0v) is 12.1. The topological polar surface area (TPSA) is 66.1 Å². The van der Waals surface area contributed by atoms with Crippen molar-refractivity contribution in [1.29, 1.82) is 0 Å². The Bertz CT molecular complexity index is 678. The van der Waals surface area contributed by atoms with Gasteiger partial charge in [0.1, 0.15) is 0 Å². The molecule has 0 radical (unpaired) electrons. The Hall–Kier alpha value is -1.66. The zero-order valence-electron chi connectivity index (χ0n) is 11.3. The molecule has 1 aliphatic rings. The van der Waals surface area contributed by atoms with Crippen LogP contribution in [-0.2, 0) is 10.0 Å². The minimum absolute atomic E-state index is 0.0797. The summed E-state index contributed by atoms with van der Waals surface area (Å²) in [4.78, 5) is 6.50. The molecule has 1 aromatic heterocycles. The van der Waals surface area contributed by atoms with Crippen molar-refractivity contribution in [3.05, 3.63) is 47.9 Å². The molecule has 20 heavy (non-hydrogen) atoms. The minimum atomic E-state index is -3.49. The molecule has 3 rings (SSSR count). The summed E-state index contributed by atoms with van der Waals surface area (Å²) in [5, 5.41) is 0.163. The Morgan fingerprint density at radius 3 is 2.70 bits per heavy atom. The Labute approximate surface area is 118 Å². The second-order valence-corrected chi connectivity index (χ2v) is 6.96. The summed E-state index contributed by atoms with van der Waals surface area (Å²) in [6, 6.07) is 7.99. The van der Waals surface area contributed by atoms with E-state index in [9.17, 15) is 8.42 Å². The van der Waals surface area contributed by atoms with Crippen LogP contribution in [0.4, 0.5) is 0 Å². The number of benzene rings is 1. The third-order valence-electron chi connectivity index (χ3n) is 3.73. The molecule has 1 aliphatic heterocycles. The summed E-state index contributed by atoms with van der Waals surface area (Å²) in [6.07, 6.45) is 4.49. The second-order valence-electron chi connectivity index (χ2n) is 5.10. The summed E-state index contributed by atoms with van der Waals surface area (Å²) >= 11 is 0. The van der Waals surface area contributed by atoms with Crippen LogP contribution in [0.1, 0.15) is 30.0 Å². The van der Waals surface area contributed by atoms with Crippen molar-refractivity contribution >= 4 is 10.0 Å². The molecule has 0 aliphatic carbocycles. The van der Waals surface area contributed by atoms with Gasteiger partial charge in [-0.3, -0.25) is 0 Å². The molecule has 106 valence electrons. The first-order chi connectivity index (χ1) is 9.59. The molecule has 1 aromatic carbocycles. The fourth-order valence-corrected chi connectivity index (χ4v) is 4.24. The number of nitrogens with zero attached hydrogens (tertiary/aromatic N) is 2. The van der Waals surface area contributed by atoms with Crippen molar-refractivity contribution < 1.29 is 8.42 Å². The van der Waals surface area contributed by atoms with Gasteiger partial charge >= 0.3 is 0 Å². The molecule has 0 bridgehead atoms. The molecule has 0 unspecified atom stereocenters. The van der Waals surface area contributed by atoms with E-state index in [-0.39, 0.29) is 11.1 Å². The van der Waals surface area contributed by atoms with Crippen LogP contribution in [-0.4, -0.2) is 29.2 Å². The van der Waals surface area contributed by atoms with Crippen molar-refractivity contribution in [2.75, 3.05) is 6.54 Å². The molecule has 0 saturated carbocycles. The number of nitrogens with one attached hydrogen (secondary N) is 1. The van der Waals surface area contributed by atoms with Gasteiger partial charge in [0.2, 0.25) is 0 Å². The highest BCUT2D eigenvalue weighted by Crippen LogP contribution is 2.35. The normalized spacial score (nSPS) is 20.4. The van der Waals surface area contributed by atoms with Gasteiger partial charge in [0.05, 0.1) is 18.6 Å². The molecule has 5 nitrogen and oxygen atoms in total. The van der Waals surface area contributed by atoms with E-state index < -0.39 is 10.0 Å². The molecular formula is C14H17N3O2S. The number of sulfonamides is 1. The number of aromatic nitrogens is 2. The molecular weight excluding hydrogens is 274 g/mol. The van der Waals surface area contributed by atoms with Crippen LogP contribution < -0.4 is 0 Å². The minimum Gasteiger partial charge on any atom is -0.335 e. The maximum Gasteiger partial charge on any atom is 0.260 e. The second kappa shape index (κ2) is 5.03. The van der Waals surface area contributed by atoms with Gasteiger partial charge in [-0.1, -0.05) is 29.8 Å². The van der Waals surface area contributed by atoms with Crippen LogP contribution in [0.3, 0.4) is 0 Å². The van der Waals surface area contributed by atoms with Crippen LogP contribution in [0.25, 0.3) is 0 Å². The molecule has 0 spiro atoms. The first-order valence-corrected chi connectivity index (χ1v) is 8.10. The molecule has 2 heterocycles. The number of rotatable bonds is 3. The van der Waals surface area contributed by atoms with Crippen molar-refractivity contribution in [3.63, 3.8) is 0 Å². The average Bonchev–Trinajstić information content (AvgIpc) is 3.11. The third kappa shape index (κ3) is 2.25. The number of hydrogen-bond acceptors (Lipinski definition) is 3. The van der Waals surface area contributed by atoms with Gasteiger partial charge in [-0.2, -0.15) is 4.31 Å². The van der Waals surface area contributed by atoms with Crippen LogP contribution in [0.2, 0.25) is 0 Å². The highest BCUT2D eigenvalue weighted by Gasteiger charge is 2.36. The lowest BCUT2D eigenvalue weighted by Crippen LogP contribution is -2.30. The molecule has 1 fully saturated rings. The Morgan fingerprint density at radius 1 is 1.30 bits per heavy atom. The fourth-order valence-electron chi connectivity index (χ4n) is 2.66. The number of aromatic amines is 1. The van der Waals surface area contributed by atoms with E-state index in [0.29, 0.717) is 6.54 Å². The van der Waals surface area contributed by atoms with Crippen LogP contribution >= 0.6 is 0 Å². The van der Waals surface area contributed by atoms with E-state index in [1.54, 1.807) is 4.31 Å². The van der Waals surface area contributed by atoms with Crippen molar-refractivity contribution in [1.82, 2.24) is 14.3 Å². The number of hydrogen-bond donors (Lipinski definition) is 1. The predicted molar refractivity (Wildman–Crippen MR) is 75.6 cm³/mol. The Morgan fingerprint density at radius 2 is 2.05 bits per heavy atom. The smallest absolute Gasteiger partial charge is 0.260 e. The van der Waals surface area contributed by atoms with E-state index in [2.05, 4.69) is 9.97 Å². The highest BCUT2D eigenvalue weighted by atomic mass is 32.2. The van der Waals surface area contributed by atoms with Gasteiger partial charge in [0, 0.05) is 6.54 Å². The monoisotopic (exact) mass is 291 g/mol. The average molecular weight is 291 g/mol. The maximum absolute atomic E-state index is 12.6. The van der Waals surface area contributed by atoms with Gasteiger partial charge in [-0.25, -0.2) is 13.4 Å². The number of imidazole rings is 1. The Balaban J connectivity index is 1.95. The third-order valence-corrected chi connectivity index (χ3v) is 5.56. The van der Waals surface area contributed by atoms with E-state index in [1.165, 1.54) is 18.1 Å². The van der Waals surface area contributed by atoms with Gasteiger partial charge in [-0.15, -0.1) is 0 Å². The van der Waals surface area contributed by atoms with Crippen LogP contribution in [0.15, 0.2) is 41.8 Å². The molecule has 6 heteroatoms. The molecule has 2 aromatic rings.